The molecule has 0 saturated carbocycles. The second-order valence-electron chi connectivity index (χ2n) is 11.7. The van der Waals surface area contributed by atoms with Crippen molar-refractivity contribution in [3.05, 3.63) is 58.9 Å². The van der Waals surface area contributed by atoms with E-state index in [0.29, 0.717) is 23.6 Å². The van der Waals surface area contributed by atoms with Crippen molar-refractivity contribution in [2.45, 2.75) is 62.5 Å². The molecular formula is C28H36N9O4+. The number of aliphatic hydroxyl groups is 1. The summed E-state index contributed by atoms with van der Waals surface area (Å²) in [6.45, 7) is 6.90. The number of hydrogen-bond donors (Lipinski definition) is 7. The summed E-state index contributed by atoms with van der Waals surface area (Å²) in [5.41, 5.74) is 13.7. The molecule has 4 aliphatic rings. The summed E-state index contributed by atoms with van der Waals surface area (Å²) in [6.07, 6.45) is 1.28. The molecule has 1 aromatic heterocycles. The van der Waals surface area contributed by atoms with Crippen LogP contribution >= 0.6 is 0 Å². The molecule has 1 spiro atoms. The number of guanidine groups is 2. The molecule has 1 aromatic carbocycles. The Balaban J connectivity index is 1.23. The van der Waals surface area contributed by atoms with Gasteiger partial charge in [-0.25, -0.2) is 10.3 Å². The van der Waals surface area contributed by atoms with Crippen LogP contribution in [0.15, 0.2) is 41.5 Å². The molecule has 13 nitrogen and oxygen atoms in total. The highest BCUT2D eigenvalue weighted by Gasteiger charge is 2.68. The summed E-state index contributed by atoms with van der Waals surface area (Å²) in [6, 6.07) is 7.28. The first kappa shape index (κ1) is 26.8. The molecule has 4 aliphatic heterocycles. The fourth-order valence-electron chi connectivity index (χ4n) is 6.49. The highest BCUT2D eigenvalue weighted by atomic mass is 16.5. The van der Waals surface area contributed by atoms with Crippen LogP contribution in [-0.2, 0) is 5.41 Å². The quantitative estimate of drug-likeness (QED) is 0.205. The van der Waals surface area contributed by atoms with Crippen LogP contribution < -0.4 is 37.1 Å². The van der Waals surface area contributed by atoms with Gasteiger partial charge >= 0.3 is 5.96 Å². The molecule has 2 unspecified atom stereocenters. The van der Waals surface area contributed by atoms with Crippen molar-refractivity contribution in [2.24, 2.45) is 16.5 Å². The number of amides is 2. The zero-order valence-corrected chi connectivity index (χ0v) is 23.3. The average Bonchev–Trinajstić information content (AvgIpc) is 3.43. The van der Waals surface area contributed by atoms with E-state index in [9.17, 15) is 14.7 Å². The molecule has 9 N–H and O–H groups in total. The van der Waals surface area contributed by atoms with Gasteiger partial charge in [0.25, 0.3) is 11.8 Å². The van der Waals surface area contributed by atoms with Gasteiger partial charge in [-0.3, -0.25) is 25.3 Å². The minimum atomic E-state index is -1.20. The monoisotopic (exact) mass is 562 g/mol. The van der Waals surface area contributed by atoms with Crippen LogP contribution in [-0.4, -0.2) is 88.3 Å². The number of fused-ring (bicyclic) bond motifs is 1. The number of aliphatic imine (C=N–C) groups is 1. The van der Waals surface area contributed by atoms with Gasteiger partial charge in [-0.15, -0.1) is 0 Å². The van der Waals surface area contributed by atoms with Crippen LogP contribution in [0.4, 0.5) is 0 Å². The minimum absolute atomic E-state index is 0.116. The number of carbonyl (C=O) groups is 2. The van der Waals surface area contributed by atoms with E-state index in [2.05, 4.69) is 44.8 Å². The normalized spacial score (nSPS) is 29.1. The lowest BCUT2D eigenvalue weighted by Crippen LogP contribution is -2.88. The van der Waals surface area contributed by atoms with Gasteiger partial charge < -0.3 is 31.1 Å². The van der Waals surface area contributed by atoms with Crippen molar-refractivity contribution >= 4 is 23.7 Å². The van der Waals surface area contributed by atoms with Crippen molar-refractivity contribution in [1.82, 2.24) is 25.8 Å². The maximum Gasteiger partial charge on any atom is 0.343 e. The van der Waals surface area contributed by atoms with E-state index in [0.717, 1.165) is 17.5 Å². The van der Waals surface area contributed by atoms with Crippen molar-refractivity contribution in [3.63, 3.8) is 0 Å². The molecule has 2 aromatic rings. The molecule has 0 bridgehead atoms. The highest BCUT2D eigenvalue weighted by molar-refractivity contribution is 5.98. The number of nitrogens with one attached hydrogen (secondary N) is 4. The molecule has 1 fully saturated rings. The van der Waals surface area contributed by atoms with E-state index in [1.165, 1.54) is 0 Å². The molecule has 0 radical (unpaired) electrons. The number of rotatable bonds is 5. The Bertz CT molecular complexity index is 1470. The number of nitrogens with zero attached hydrogens (tertiary/aromatic N) is 3. The van der Waals surface area contributed by atoms with E-state index >= 15 is 0 Å². The summed E-state index contributed by atoms with van der Waals surface area (Å²) >= 11 is 0. The number of ether oxygens (including phenoxy) is 1. The van der Waals surface area contributed by atoms with Crippen LogP contribution in [0, 0.1) is 6.92 Å². The Morgan fingerprint density at radius 1 is 1.24 bits per heavy atom. The largest absolute Gasteiger partial charge is 0.492 e. The topological polar surface area (TPSA) is 194 Å². The SMILES string of the molecule is Cc1cccnc1C(=O)NC[C@@H]1N=C(N)N2C[C@@H](NC(=O)c3cccc4c3OCCC4(C)C)[C@@H](O)C23NC(N)=[NH+]C13. The molecular weight excluding hydrogens is 526 g/mol. The number of hydrogen-bond acceptors (Lipinski definition) is 10. The van der Waals surface area contributed by atoms with Gasteiger partial charge in [-0.2, -0.15) is 0 Å². The molecule has 5 atom stereocenters. The predicted molar refractivity (Wildman–Crippen MR) is 150 cm³/mol. The molecule has 1 saturated heterocycles. The third kappa shape index (κ3) is 4.22. The molecule has 5 heterocycles. The third-order valence-corrected chi connectivity index (χ3v) is 8.71. The van der Waals surface area contributed by atoms with Crippen molar-refractivity contribution in [2.75, 3.05) is 19.7 Å². The number of pyridine rings is 1. The van der Waals surface area contributed by atoms with Crippen LogP contribution in [0.5, 0.6) is 5.75 Å². The Morgan fingerprint density at radius 2 is 2.05 bits per heavy atom. The van der Waals surface area contributed by atoms with Crippen LogP contribution in [0.1, 0.15) is 52.2 Å². The Kier molecular flexibility index (Phi) is 6.29. The maximum atomic E-state index is 13.6. The molecule has 0 aliphatic carbocycles. The number of aryl methyl sites for hydroxylation is 1. The first-order valence-corrected chi connectivity index (χ1v) is 13.8. The van der Waals surface area contributed by atoms with E-state index < -0.39 is 29.9 Å². The van der Waals surface area contributed by atoms with Crippen molar-refractivity contribution < 1.29 is 24.4 Å². The van der Waals surface area contributed by atoms with Crippen molar-refractivity contribution in [1.29, 1.82) is 0 Å². The van der Waals surface area contributed by atoms with E-state index in [1.54, 1.807) is 23.2 Å². The van der Waals surface area contributed by atoms with Gasteiger partial charge in [0.2, 0.25) is 5.66 Å². The Morgan fingerprint density at radius 3 is 2.83 bits per heavy atom. The fourth-order valence-corrected chi connectivity index (χ4v) is 6.49. The third-order valence-electron chi connectivity index (χ3n) is 8.71. The first-order valence-electron chi connectivity index (χ1n) is 13.8. The van der Waals surface area contributed by atoms with Gasteiger partial charge in [-0.05, 0) is 36.5 Å². The van der Waals surface area contributed by atoms with Gasteiger partial charge in [-0.1, -0.05) is 32.0 Å². The second-order valence-corrected chi connectivity index (χ2v) is 11.7. The van der Waals surface area contributed by atoms with Gasteiger partial charge in [0, 0.05) is 24.8 Å². The lowest BCUT2D eigenvalue weighted by atomic mass is 9.79. The van der Waals surface area contributed by atoms with Gasteiger partial charge in [0.15, 0.2) is 12.0 Å². The zero-order valence-electron chi connectivity index (χ0n) is 23.3. The number of para-hydroxylation sites is 1. The minimum Gasteiger partial charge on any atom is -0.492 e. The standard InChI is InChI=1S/C28H35N9O4/c1-14-6-5-10-31-19(14)24(40)32-12-17-21-28(36-25(29)35-21)22(38)18(13-37(28)26(30)34-17)33-23(39)15-7-4-8-16-20(15)41-11-9-27(16,2)3/h4-8,10,17-18,21-22,38H,9,11-13H2,1-3H3,(H2,30,34)(H,32,40)(H,33,39)(H3,29,35,36)/p+1/t17-,18+,21?,22+,28?/m0/s1. The molecule has 13 heteroatoms. The molecule has 2 amide bonds. The van der Waals surface area contributed by atoms with Gasteiger partial charge in [0.05, 0.1) is 18.2 Å². The molecule has 41 heavy (non-hydrogen) atoms. The van der Waals surface area contributed by atoms with Gasteiger partial charge in [0.1, 0.15) is 23.6 Å². The number of aromatic nitrogens is 1. The summed E-state index contributed by atoms with van der Waals surface area (Å²) in [4.78, 5) is 40.1. The first-order chi connectivity index (χ1) is 19.5. The molecule has 216 valence electrons. The summed E-state index contributed by atoms with van der Waals surface area (Å²) in [5, 5.41) is 20.8. The smallest absolute Gasteiger partial charge is 0.343 e. The predicted octanol–water partition coefficient (Wildman–Crippen LogP) is -2.58. The molecule has 6 rings (SSSR count). The number of benzene rings is 1. The number of carbonyl (C=O) groups excluding carboxylic acids is 2. The van der Waals surface area contributed by atoms with Crippen molar-refractivity contribution in [3.8, 4) is 5.75 Å². The Hall–Kier alpha value is -4.39. The van der Waals surface area contributed by atoms with E-state index in [-0.39, 0.29) is 42.2 Å². The lowest BCUT2D eigenvalue weighted by molar-refractivity contribution is -0.513. The lowest BCUT2D eigenvalue weighted by Gasteiger charge is -2.43. The average molecular weight is 563 g/mol. The zero-order chi connectivity index (χ0) is 29.1. The van der Waals surface area contributed by atoms with Crippen LogP contribution in [0.3, 0.4) is 0 Å². The van der Waals surface area contributed by atoms with Crippen LogP contribution in [0.2, 0.25) is 0 Å². The second kappa shape index (κ2) is 9.61. The summed E-state index contributed by atoms with van der Waals surface area (Å²) < 4.78 is 5.94. The summed E-state index contributed by atoms with van der Waals surface area (Å²) in [5.74, 6) is 0.271. The van der Waals surface area contributed by atoms with E-state index in [1.807, 2.05) is 25.1 Å². The van der Waals surface area contributed by atoms with E-state index in [4.69, 9.17) is 16.2 Å². The number of nitrogens with two attached hydrogens (primary N) is 2. The van der Waals surface area contributed by atoms with Crippen LogP contribution in [0.25, 0.3) is 0 Å². The summed E-state index contributed by atoms with van der Waals surface area (Å²) in [7, 11) is 0. The Labute approximate surface area is 237 Å². The maximum absolute atomic E-state index is 13.6. The number of aliphatic hydroxyl groups excluding tert-OH is 1. The highest BCUT2D eigenvalue weighted by Crippen LogP contribution is 2.41. The fraction of sp³-hybridized carbons (Fsp3) is 0.464.